The highest BCUT2D eigenvalue weighted by Gasteiger charge is 2.06. The van der Waals surface area contributed by atoms with Crippen LogP contribution in [0.15, 0.2) is 47.4 Å². The Bertz CT molecular complexity index is 607. The maximum absolute atomic E-state index is 13.2. The van der Waals surface area contributed by atoms with Crippen LogP contribution in [-0.2, 0) is 0 Å². The summed E-state index contributed by atoms with van der Waals surface area (Å²) in [4.78, 5) is 0.976. The van der Waals surface area contributed by atoms with E-state index >= 15 is 0 Å². The Morgan fingerprint density at radius 3 is 2.76 bits per heavy atom. The monoisotopic (exact) mass is 343 g/mol. The van der Waals surface area contributed by atoms with E-state index in [1.165, 1.54) is 6.07 Å². The Kier molecular flexibility index (Phi) is 6.37. The van der Waals surface area contributed by atoms with Crippen LogP contribution in [0, 0.1) is 5.82 Å². The zero-order chi connectivity index (χ0) is 15.2. The lowest BCUT2D eigenvalue weighted by Crippen LogP contribution is -2.21. The molecule has 0 saturated carbocycles. The molecule has 0 radical (unpaired) electrons. The van der Waals surface area contributed by atoms with Crippen molar-refractivity contribution in [2.45, 2.75) is 17.9 Å². The van der Waals surface area contributed by atoms with E-state index in [1.807, 2.05) is 19.1 Å². The van der Waals surface area contributed by atoms with E-state index in [1.54, 1.807) is 36.0 Å². The summed E-state index contributed by atoms with van der Waals surface area (Å²) in [6, 6.07) is 12.2. The Morgan fingerprint density at radius 1 is 1.19 bits per heavy atom. The predicted octanol–water partition coefficient (Wildman–Crippen LogP) is 5.58. The van der Waals surface area contributed by atoms with Gasteiger partial charge in [0.05, 0.1) is 5.02 Å². The molecule has 1 atom stereocenters. The first kappa shape index (κ1) is 16.6. The number of nitrogens with one attached hydrogen (secondary N) is 1. The molecule has 1 N–H and O–H groups in total. The predicted molar refractivity (Wildman–Crippen MR) is 90.0 cm³/mol. The van der Waals surface area contributed by atoms with Gasteiger partial charge in [0, 0.05) is 28.3 Å². The molecule has 2 rings (SSSR count). The fourth-order valence-corrected chi connectivity index (χ4v) is 3.29. The van der Waals surface area contributed by atoms with E-state index in [4.69, 9.17) is 23.2 Å². The van der Waals surface area contributed by atoms with E-state index in [9.17, 15) is 4.39 Å². The topological polar surface area (TPSA) is 12.0 Å². The van der Waals surface area contributed by atoms with E-state index in [-0.39, 0.29) is 11.9 Å². The largest absolute Gasteiger partial charge is 0.309 e. The Balaban J connectivity index is 1.80. The molecule has 0 fully saturated rings. The molecular weight excluding hydrogens is 328 g/mol. The Labute approximate surface area is 138 Å². The van der Waals surface area contributed by atoms with Gasteiger partial charge >= 0.3 is 0 Å². The van der Waals surface area contributed by atoms with Gasteiger partial charge in [-0.25, -0.2) is 4.39 Å². The molecule has 5 heteroatoms. The summed E-state index contributed by atoms with van der Waals surface area (Å²) in [5.41, 5.74) is 0.945. The highest BCUT2D eigenvalue weighted by Crippen LogP contribution is 2.29. The zero-order valence-electron chi connectivity index (χ0n) is 11.6. The fraction of sp³-hybridized carbons (Fsp3) is 0.250. The van der Waals surface area contributed by atoms with Crippen molar-refractivity contribution < 1.29 is 4.39 Å². The van der Waals surface area contributed by atoms with Gasteiger partial charge in [0.2, 0.25) is 0 Å². The minimum atomic E-state index is -0.207. The van der Waals surface area contributed by atoms with Crippen LogP contribution in [0.1, 0.15) is 18.5 Å². The number of thioether (sulfide) groups is 1. The van der Waals surface area contributed by atoms with Crippen molar-refractivity contribution >= 4 is 35.0 Å². The second-order valence-corrected chi connectivity index (χ2v) is 6.63. The standard InChI is InChI=1S/C16H16Cl2FNS/c1-11(12-3-2-4-14(19)9-12)20-7-8-21-16-10-13(17)5-6-15(16)18/h2-6,9-11,20H,7-8H2,1H3. The minimum Gasteiger partial charge on any atom is -0.309 e. The maximum Gasteiger partial charge on any atom is 0.123 e. The molecule has 1 unspecified atom stereocenters. The second-order valence-electron chi connectivity index (χ2n) is 4.65. The van der Waals surface area contributed by atoms with Crippen molar-refractivity contribution in [3.63, 3.8) is 0 Å². The number of benzene rings is 2. The molecule has 0 heterocycles. The van der Waals surface area contributed by atoms with Gasteiger partial charge in [-0.15, -0.1) is 11.8 Å². The molecule has 0 aliphatic heterocycles. The normalized spacial score (nSPS) is 12.4. The first-order valence-corrected chi connectivity index (χ1v) is 8.37. The first-order valence-electron chi connectivity index (χ1n) is 6.63. The molecule has 0 aliphatic carbocycles. The van der Waals surface area contributed by atoms with E-state index < -0.39 is 0 Å². The summed E-state index contributed by atoms with van der Waals surface area (Å²) in [7, 11) is 0. The third kappa shape index (κ3) is 5.19. The van der Waals surface area contributed by atoms with E-state index in [2.05, 4.69) is 5.32 Å². The first-order chi connectivity index (χ1) is 10.1. The van der Waals surface area contributed by atoms with Gasteiger partial charge in [-0.3, -0.25) is 0 Å². The van der Waals surface area contributed by atoms with Crippen LogP contribution in [0.3, 0.4) is 0 Å². The van der Waals surface area contributed by atoms with Gasteiger partial charge in [-0.2, -0.15) is 0 Å². The van der Waals surface area contributed by atoms with Gasteiger partial charge in [0.1, 0.15) is 5.82 Å². The molecule has 0 saturated heterocycles. The van der Waals surface area contributed by atoms with Crippen LogP contribution < -0.4 is 5.32 Å². The summed E-state index contributed by atoms with van der Waals surface area (Å²) in [6.07, 6.45) is 0. The summed E-state index contributed by atoms with van der Waals surface area (Å²) in [6.45, 7) is 2.82. The van der Waals surface area contributed by atoms with Crippen molar-refractivity contribution in [1.29, 1.82) is 0 Å². The van der Waals surface area contributed by atoms with Crippen LogP contribution in [0.4, 0.5) is 4.39 Å². The smallest absolute Gasteiger partial charge is 0.123 e. The van der Waals surface area contributed by atoms with Gasteiger partial charge in [-0.1, -0.05) is 35.3 Å². The van der Waals surface area contributed by atoms with E-state index in [0.29, 0.717) is 10.0 Å². The van der Waals surface area contributed by atoms with Crippen molar-refractivity contribution in [3.8, 4) is 0 Å². The molecule has 0 bridgehead atoms. The molecule has 0 aliphatic rings. The van der Waals surface area contributed by atoms with Crippen LogP contribution in [0.25, 0.3) is 0 Å². The Morgan fingerprint density at radius 2 is 2.00 bits per heavy atom. The lowest BCUT2D eigenvalue weighted by molar-refractivity contribution is 0.585. The summed E-state index contributed by atoms with van der Waals surface area (Å²) < 4.78 is 13.2. The molecule has 1 nitrogen and oxygen atoms in total. The molecule has 21 heavy (non-hydrogen) atoms. The lowest BCUT2D eigenvalue weighted by atomic mass is 10.1. The van der Waals surface area contributed by atoms with Crippen LogP contribution in [-0.4, -0.2) is 12.3 Å². The third-order valence-corrected chi connectivity index (χ3v) is 4.79. The summed E-state index contributed by atoms with van der Waals surface area (Å²) in [5.74, 6) is 0.654. The van der Waals surface area contributed by atoms with E-state index in [0.717, 1.165) is 22.8 Å². The van der Waals surface area contributed by atoms with Crippen LogP contribution >= 0.6 is 35.0 Å². The van der Waals surface area contributed by atoms with Gasteiger partial charge < -0.3 is 5.32 Å². The molecule has 2 aromatic carbocycles. The highest BCUT2D eigenvalue weighted by molar-refractivity contribution is 7.99. The van der Waals surface area contributed by atoms with Gasteiger partial charge in [-0.05, 0) is 42.8 Å². The SMILES string of the molecule is CC(NCCSc1cc(Cl)ccc1Cl)c1cccc(F)c1. The van der Waals surface area contributed by atoms with Gasteiger partial charge in [0.15, 0.2) is 0 Å². The molecule has 0 spiro atoms. The Hall–Kier alpha value is -0.740. The number of hydrogen-bond donors (Lipinski definition) is 1. The van der Waals surface area contributed by atoms with Crippen molar-refractivity contribution in [2.24, 2.45) is 0 Å². The molecule has 0 amide bonds. The second kappa shape index (κ2) is 8.04. The maximum atomic E-state index is 13.2. The quantitative estimate of drug-likeness (QED) is 0.543. The lowest BCUT2D eigenvalue weighted by Gasteiger charge is -2.14. The number of halogens is 3. The van der Waals surface area contributed by atoms with Crippen LogP contribution in [0.2, 0.25) is 10.0 Å². The fourth-order valence-electron chi connectivity index (χ4n) is 1.92. The van der Waals surface area contributed by atoms with Gasteiger partial charge in [0.25, 0.3) is 0 Å². The zero-order valence-corrected chi connectivity index (χ0v) is 13.9. The highest BCUT2D eigenvalue weighted by atomic mass is 35.5. The summed E-state index contributed by atoms with van der Waals surface area (Å²) >= 11 is 13.7. The average Bonchev–Trinajstić information content (AvgIpc) is 2.46. The van der Waals surface area contributed by atoms with Crippen molar-refractivity contribution in [2.75, 3.05) is 12.3 Å². The molecule has 112 valence electrons. The third-order valence-electron chi connectivity index (χ3n) is 3.05. The molecule has 2 aromatic rings. The number of rotatable bonds is 6. The average molecular weight is 344 g/mol. The van der Waals surface area contributed by atoms with Crippen molar-refractivity contribution in [3.05, 3.63) is 63.9 Å². The van der Waals surface area contributed by atoms with Crippen molar-refractivity contribution in [1.82, 2.24) is 5.32 Å². The minimum absolute atomic E-state index is 0.108. The summed E-state index contributed by atoms with van der Waals surface area (Å²) in [5, 5.41) is 4.76. The number of hydrogen-bond acceptors (Lipinski definition) is 2. The molecule has 0 aromatic heterocycles. The molecular formula is C16H16Cl2FNS. The van der Waals surface area contributed by atoms with Crippen LogP contribution in [0.5, 0.6) is 0 Å².